The first kappa shape index (κ1) is 20.0. The van der Waals surface area contributed by atoms with E-state index in [9.17, 15) is 9.59 Å². The maximum absolute atomic E-state index is 11.8. The number of imide groups is 1. The van der Waals surface area contributed by atoms with Gasteiger partial charge in [0.25, 0.3) is 0 Å². The fraction of sp³-hybridized carbons (Fsp3) is 0.556. The van der Waals surface area contributed by atoms with E-state index >= 15 is 0 Å². The minimum atomic E-state index is -0.469. The Morgan fingerprint density at radius 3 is 2.50 bits per heavy atom. The van der Waals surface area contributed by atoms with Gasteiger partial charge in [0.05, 0.1) is 13.2 Å². The molecule has 1 aromatic rings. The van der Waals surface area contributed by atoms with E-state index in [-0.39, 0.29) is 18.0 Å². The van der Waals surface area contributed by atoms with Gasteiger partial charge in [-0.15, -0.1) is 0 Å². The van der Waals surface area contributed by atoms with Crippen LogP contribution in [0.25, 0.3) is 0 Å². The van der Waals surface area contributed by atoms with Crippen molar-refractivity contribution in [1.29, 1.82) is 0 Å². The Morgan fingerprint density at radius 2 is 1.88 bits per heavy atom. The third kappa shape index (κ3) is 8.53. The number of rotatable bonds is 7. The Hall–Kier alpha value is -2.08. The fourth-order valence-electron chi connectivity index (χ4n) is 2.10. The van der Waals surface area contributed by atoms with E-state index < -0.39 is 6.03 Å². The van der Waals surface area contributed by atoms with E-state index in [4.69, 9.17) is 4.74 Å². The van der Waals surface area contributed by atoms with Crippen molar-refractivity contribution in [1.82, 2.24) is 15.5 Å². The van der Waals surface area contributed by atoms with Crippen LogP contribution in [0.1, 0.15) is 32.8 Å². The molecule has 24 heavy (non-hydrogen) atoms. The molecule has 2 N–H and O–H groups in total. The molecule has 3 amide bonds. The topological polar surface area (TPSA) is 70.7 Å². The van der Waals surface area contributed by atoms with Crippen LogP contribution in [0, 0.1) is 6.92 Å². The number of nitrogens with one attached hydrogen (secondary N) is 2. The molecule has 0 heterocycles. The van der Waals surface area contributed by atoms with E-state index in [1.807, 2.05) is 63.9 Å². The van der Waals surface area contributed by atoms with Crippen LogP contribution >= 0.6 is 0 Å². The second-order valence-electron chi connectivity index (χ2n) is 6.96. The van der Waals surface area contributed by atoms with Crippen molar-refractivity contribution < 1.29 is 14.3 Å². The van der Waals surface area contributed by atoms with Gasteiger partial charge in [0.15, 0.2) is 0 Å². The number of hydrogen-bond donors (Lipinski definition) is 2. The predicted molar refractivity (Wildman–Crippen MR) is 95.2 cm³/mol. The molecule has 6 nitrogen and oxygen atoms in total. The van der Waals surface area contributed by atoms with Crippen molar-refractivity contribution in [3.8, 4) is 5.75 Å². The molecule has 134 valence electrons. The van der Waals surface area contributed by atoms with E-state index in [1.54, 1.807) is 0 Å². The highest BCUT2D eigenvalue weighted by atomic mass is 16.5. The van der Waals surface area contributed by atoms with E-state index in [0.717, 1.165) is 17.7 Å². The average Bonchev–Trinajstić information content (AvgIpc) is 2.42. The Balaban J connectivity index is 2.21. The Labute approximate surface area is 144 Å². The Bertz CT molecular complexity index is 553. The monoisotopic (exact) mass is 335 g/mol. The van der Waals surface area contributed by atoms with Gasteiger partial charge in [-0.2, -0.15) is 0 Å². The zero-order valence-electron chi connectivity index (χ0n) is 15.3. The van der Waals surface area contributed by atoms with Gasteiger partial charge < -0.3 is 10.1 Å². The summed E-state index contributed by atoms with van der Waals surface area (Å²) in [5.74, 6) is 0.566. The lowest BCUT2D eigenvalue weighted by atomic mass is 10.1. The smallest absolute Gasteiger partial charge is 0.321 e. The number of urea groups is 1. The third-order valence-electron chi connectivity index (χ3n) is 3.19. The largest absolute Gasteiger partial charge is 0.493 e. The van der Waals surface area contributed by atoms with Gasteiger partial charge in [0.1, 0.15) is 5.75 Å². The number of hydrogen-bond acceptors (Lipinski definition) is 4. The summed E-state index contributed by atoms with van der Waals surface area (Å²) in [6, 6.07) is 7.41. The van der Waals surface area contributed by atoms with Gasteiger partial charge >= 0.3 is 6.03 Å². The quantitative estimate of drug-likeness (QED) is 0.750. The van der Waals surface area contributed by atoms with E-state index in [0.29, 0.717) is 13.2 Å². The maximum Gasteiger partial charge on any atom is 0.321 e. The molecular formula is C18H29N3O3. The number of nitrogens with zero attached hydrogens (tertiary/aromatic N) is 1. The lowest BCUT2D eigenvalue weighted by Gasteiger charge is -2.21. The molecule has 0 aliphatic carbocycles. The van der Waals surface area contributed by atoms with Crippen molar-refractivity contribution in [3.63, 3.8) is 0 Å². The van der Waals surface area contributed by atoms with Crippen LogP contribution in [-0.2, 0) is 4.79 Å². The lowest BCUT2D eigenvalue weighted by molar-refractivity contribution is -0.120. The van der Waals surface area contributed by atoms with E-state index in [2.05, 4.69) is 10.6 Å². The average molecular weight is 335 g/mol. The van der Waals surface area contributed by atoms with Gasteiger partial charge in [-0.25, -0.2) is 4.79 Å². The van der Waals surface area contributed by atoms with Crippen molar-refractivity contribution >= 4 is 11.9 Å². The van der Waals surface area contributed by atoms with Crippen molar-refractivity contribution in [2.24, 2.45) is 0 Å². The molecule has 6 heteroatoms. The summed E-state index contributed by atoms with van der Waals surface area (Å²) in [7, 11) is 1.84. The normalized spacial score (nSPS) is 11.2. The summed E-state index contributed by atoms with van der Waals surface area (Å²) >= 11 is 0. The molecule has 0 radical (unpaired) electrons. The molecule has 0 spiro atoms. The SMILES string of the molecule is Cc1ccccc1OCCCN(C)CC(=O)NC(=O)NC(C)(C)C. The van der Waals surface area contributed by atoms with Gasteiger partial charge in [-0.05, 0) is 52.8 Å². The first-order valence-corrected chi connectivity index (χ1v) is 8.16. The summed E-state index contributed by atoms with van der Waals surface area (Å²) in [6.45, 7) is 9.05. The first-order valence-electron chi connectivity index (χ1n) is 8.16. The van der Waals surface area contributed by atoms with Gasteiger partial charge in [-0.3, -0.25) is 15.0 Å². The Kier molecular flexibility index (Phi) is 7.71. The predicted octanol–water partition coefficient (Wildman–Crippen LogP) is 2.32. The zero-order chi connectivity index (χ0) is 18.2. The summed E-state index contributed by atoms with van der Waals surface area (Å²) in [6.07, 6.45) is 0.798. The number of likely N-dealkylation sites (N-methyl/N-ethyl adjacent to an activating group) is 1. The molecule has 0 aliphatic heterocycles. The van der Waals surface area contributed by atoms with E-state index in [1.165, 1.54) is 0 Å². The molecule has 1 rings (SSSR count). The van der Waals surface area contributed by atoms with Crippen LogP contribution in [0.4, 0.5) is 4.79 Å². The minimum absolute atomic E-state index is 0.169. The maximum atomic E-state index is 11.8. The second kappa shape index (κ2) is 9.27. The highest BCUT2D eigenvalue weighted by Crippen LogP contribution is 2.16. The number of ether oxygens (including phenoxy) is 1. The third-order valence-corrected chi connectivity index (χ3v) is 3.19. The Morgan fingerprint density at radius 1 is 1.21 bits per heavy atom. The summed E-state index contributed by atoms with van der Waals surface area (Å²) in [5, 5.41) is 5.02. The molecule has 0 aliphatic rings. The molecule has 0 bridgehead atoms. The number of para-hydroxylation sites is 1. The number of benzene rings is 1. The number of carbonyl (C=O) groups is 2. The lowest BCUT2D eigenvalue weighted by Crippen LogP contribution is -2.50. The van der Waals surface area contributed by atoms with Crippen LogP contribution in [0.5, 0.6) is 5.75 Å². The van der Waals surface area contributed by atoms with Crippen LogP contribution in [0.3, 0.4) is 0 Å². The summed E-state index contributed by atoms with van der Waals surface area (Å²) in [4.78, 5) is 25.3. The highest BCUT2D eigenvalue weighted by molar-refractivity contribution is 5.95. The standard InChI is InChI=1S/C18H29N3O3/c1-14-9-6-7-10-15(14)24-12-8-11-21(5)13-16(22)19-17(23)20-18(2,3)4/h6-7,9-10H,8,11-13H2,1-5H3,(H2,19,20,22,23). The van der Waals surface area contributed by atoms with Crippen molar-refractivity contribution in [2.45, 2.75) is 39.7 Å². The minimum Gasteiger partial charge on any atom is -0.493 e. The zero-order valence-corrected chi connectivity index (χ0v) is 15.3. The van der Waals surface area contributed by atoms with Gasteiger partial charge in [0, 0.05) is 12.1 Å². The number of aryl methyl sites for hydroxylation is 1. The van der Waals surface area contributed by atoms with Crippen molar-refractivity contribution in [2.75, 3.05) is 26.7 Å². The number of carbonyl (C=O) groups excluding carboxylic acids is 2. The van der Waals surface area contributed by atoms with Crippen molar-refractivity contribution in [3.05, 3.63) is 29.8 Å². The van der Waals surface area contributed by atoms with Crippen LogP contribution in [-0.4, -0.2) is 49.1 Å². The first-order chi connectivity index (χ1) is 11.2. The second-order valence-corrected chi connectivity index (χ2v) is 6.96. The molecule has 0 unspecified atom stereocenters. The molecular weight excluding hydrogens is 306 g/mol. The molecule has 0 saturated carbocycles. The molecule has 0 fully saturated rings. The molecule has 0 atom stereocenters. The molecule has 0 saturated heterocycles. The van der Waals surface area contributed by atoms with Gasteiger partial charge in [0.2, 0.25) is 5.91 Å². The van der Waals surface area contributed by atoms with Crippen LogP contribution in [0.2, 0.25) is 0 Å². The van der Waals surface area contributed by atoms with Crippen LogP contribution in [0.15, 0.2) is 24.3 Å². The van der Waals surface area contributed by atoms with Crippen LogP contribution < -0.4 is 15.4 Å². The molecule has 0 aromatic heterocycles. The highest BCUT2D eigenvalue weighted by Gasteiger charge is 2.16. The summed E-state index contributed by atoms with van der Waals surface area (Å²) < 4.78 is 5.72. The van der Waals surface area contributed by atoms with Gasteiger partial charge in [-0.1, -0.05) is 18.2 Å². The number of amides is 3. The fourth-order valence-corrected chi connectivity index (χ4v) is 2.10. The molecule has 1 aromatic carbocycles. The summed E-state index contributed by atoms with van der Waals surface area (Å²) in [5.41, 5.74) is 0.735.